The van der Waals surface area contributed by atoms with E-state index in [0.717, 1.165) is 0 Å². The second kappa shape index (κ2) is 8.04. The lowest BCUT2D eigenvalue weighted by Crippen LogP contribution is -2.64. The van der Waals surface area contributed by atoms with Crippen LogP contribution in [-0.2, 0) is 0 Å². The van der Waals surface area contributed by atoms with E-state index in [1.165, 1.54) is 11.1 Å². The molecule has 0 aromatic carbocycles. The van der Waals surface area contributed by atoms with Gasteiger partial charge in [0.25, 0.3) is 0 Å². The molecule has 0 amide bonds. The normalized spacial score (nSPS) is 38.2. The van der Waals surface area contributed by atoms with Crippen molar-refractivity contribution in [3.05, 3.63) is 71.9 Å². The highest BCUT2D eigenvalue weighted by molar-refractivity contribution is 6.76. The van der Waals surface area contributed by atoms with Crippen LogP contribution in [0.2, 0.25) is 18.6 Å². The van der Waals surface area contributed by atoms with E-state index in [9.17, 15) is 0 Å². The Morgan fingerprint density at radius 1 is 0.743 bits per heavy atom. The lowest BCUT2D eigenvalue weighted by molar-refractivity contribution is 0.226. The number of allylic oxidation sites excluding steroid dienone is 10. The second-order valence-electron chi connectivity index (χ2n) is 14.8. The Morgan fingerprint density at radius 3 is 1.71 bits per heavy atom. The lowest BCUT2D eigenvalue weighted by Gasteiger charge is -2.51. The average molecular weight is 489 g/mol. The summed E-state index contributed by atoms with van der Waals surface area (Å²) in [4.78, 5) is 0. The molecule has 5 rings (SSSR count). The Morgan fingerprint density at radius 2 is 1.23 bits per heavy atom. The van der Waals surface area contributed by atoms with E-state index in [2.05, 4.69) is 139 Å². The van der Waals surface area contributed by atoms with Crippen molar-refractivity contribution in [3.63, 3.8) is 0 Å². The van der Waals surface area contributed by atoms with Crippen LogP contribution in [0.25, 0.3) is 0 Å². The highest BCUT2D eigenvalue weighted by Gasteiger charge is 2.61. The molecule has 0 aromatic rings. The number of rotatable bonds is 2. The van der Waals surface area contributed by atoms with E-state index in [0.29, 0.717) is 41.3 Å². The average Bonchev–Trinajstić information content (AvgIpc) is 3.22. The lowest BCUT2D eigenvalue weighted by atomic mass is 9.74. The van der Waals surface area contributed by atoms with Crippen LogP contribution in [0.15, 0.2) is 71.9 Å². The molecule has 0 aromatic heterocycles. The zero-order chi connectivity index (χ0) is 25.6. The first-order chi connectivity index (χ1) is 16.1. The van der Waals surface area contributed by atoms with Gasteiger partial charge in [0, 0.05) is 12.1 Å². The molecule has 1 saturated carbocycles. The zero-order valence-electron chi connectivity index (χ0n) is 23.8. The molecule has 1 saturated heterocycles. The first kappa shape index (κ1) is 25.2. The van der Waals surface area contributed by atoms with E-state index < -0.39 is 8.24 Å². The van der Waals surface area contributed by atoms with Gasteiger partial charge in [-0.15, -0.1) is 0 Å². The van der Waals surface area contributed by atoms with E-state index in [4.69, 9.17) is 0 Å². The molecular formula is C32H48N2Si. The molecule has 1 aliphatic heterocycles. The minimum Gasteiger partial charge on any atom is -0.299 e. The van der Waals surface area contributed by atoms with Crippen LogP contribution in [0.4, 0.5) is 0 Å². The summed E-state index contributed by atoms with van der Waals surface area (Å²) in [6.45, 7) is 24.4. The summed E-state index contributed by atoms with van der Waals surface area (Å²) in [5, 5.41) is 3.99. The standard InChI is InChI=1S/C32H48N2Si/c1-30(2,3)21-15-17-23-24-18-16-22(31(4,5)6)20-26(24)29(25(23)19-21)35(9,10)34-28-14-12-11-13-27(28)33-32(34,7)8/h11-20,23-29,33H,1-10H3/t23?,24?,25?,26?,27?,28-,29?/m1/s1. The van der Waals surface area contributed by atoms with Crippen molar-refractivity contribution in [2.24, 2.45) is 34.5 Å². The van der Waals surface area contributed by atoms with Gasteiger partial charge in [0.1, 0.15) is 8.24 Å². The Bertz CT molecular complexity index is 1000. The summed E-state index contributed by atoms with van der Waals surface area (Å²) in [7, 11) is -1.95. The largest absolute Gasteiger partial charge is 0.299 e. The predicted octanol–water partition coefficient (Wildman–Crippen LogP) is 7.63. The van der Waals surface area contributed by atoms with Crippen molar-refractivity contribution in [3.8, 4) is 0 Å². The Labute approximate surface area is 216 Å². The summed E-state index contributed by atoms with van der Waals surface area (Å²) >= 11 is 0. The Balaban J connectivity index is 1.64. The number of nitrogens with one attached hydrogen (secondary N) is 1. The quantitative estimate of drug-likeness (QED) is 0.402. The molecule has 35 heavy (non-hydrogen) atoms. The van der Waals surface area contributed by atoms with E-state index >= 15 is 0 Å². The third kappa shape index (κ3) is 4.06. The van der Waals surface area contributed by atoms with Gasteiger partial charge in [0.2, 0.25) is 0 Å². The van der Waals surface area contributed by atoms with E-state index in [1.54, 1.807) is 0 Å². The van der Waals surface area contributed by atoms with Crippen LogP contribution >= 0.6 is 0 Å². The molecule has 0 bridgehead atoms. The maximum absolute atomic E-state index is 3.99. The van der Waals surface area contributed by atoms with Gasteiger partial charge < -0.3 is 0 Å². The minimum atomic E-state index is -1.95. The number of hydrogen-bond donors (Lipinski definition) is 1. The minimum absolute atomic E-state index is 0.0141. The van der Waals surface area contributed by atoms with Gasteiger partial charge in [-0.2, -0.15) is 0 Å². The maximum Gasteiger partial charge on any atom is 0.129 e. The van der Waals surface area contributed by atoms with Gasteiger partial charge in [-0.3, -0.25) is 9.88 Å². The summed E-state index contributed by atoms with van der Waals surface area (Å²) in [6, 6.07) is 0.859. The topological polar surface area (TPSA) is 15.3 Å². The molecule has 190 valence electrons. The Kier molecular flexibility index (Phi) is 5.79. The fraction of sp³-hybridized carbons (Fsp3) is 0.625. The highest BCUT2D eigenvalue weighted by atomic mass is 28.3. The molecule has 4 aliphatic carbocycles. The van der Waals surface area contributed by atoms with Crippen LogP contribution in [0, 0.1) is 34.5 Å². The number of nitrogens with zero attached hydrogens (tertiary/aromatic N) is 1. The summed E-state index contributed by atoms with van der Waals surface area (Å²) in [5.41, 5.74) is 4.07. The van der Waals surface area contributed by atoms with Crippen molar-refractivity contribution in [1.82, 2.24) is 9.88 Å². The molecule has 5 unspecified atom stereocenters. The van der Waals surface area contributed by atoms with Gasteiger partial charge in [0.05, 0.1) is 5.66 Å². The number of fused-ring (bicyclic) bond motifs is 4. The Hall–Kier alpha value is -1.42. The van der Waals surface area contributed by atoms with Crippen molar-refractivity contribution >= 4 is 8.24 Å². The van der Waals surface area contributed by atoms with Crippen LogP contribution in [0.3, 0.4) is 0 Å². The third-order valence-corrected chi connectivity index (χ3v) is 14.1. The highest BCUT2D eigenvalue weighted by Crippen LogP contribution is 2.61. The fourth-order valence-corrected chi connectivity index (χ4v) is 13.5. The van der Waals surface area contributed by atoms with Crippen LogP contribution in [-0.4, -0.2) is 30.5 Å². The third-order valence-electron chi connectivity index (χ3n) is 9.60. The predicted molar refractivity (Wildman–Crippen MR) is 153 cm³/mol. The second-order valence-corrected chi connectivity index (χ2v) is 19.3. The van der Waals surface area contributed by atoms with Crippen molar-refractivity contribution in [2.45, 2.75) is 91.8 Å². The molecule has 0 spiro atoms. The van der Waals surface area contributed by atoms with Crippen LogP contribution in [0.5, 0.6) is 0 Å². The summed E-state index contributed by atoms with van der Waals surface area (Å²) in [5.74, 6) is 2.41. The van der Waals surface area contributed by atoms with E-state index in [-0.39, 0.29) is 16.5 Å². The van der Waals surface area contributed by atoms with E-state index in [1.807, 2.05) is 0 Å². The first-order valence-corrected chi connectivity index (χ1v) is 16.9. The summed E-state index contributed by atoms with van der Waals surface area (Å²) < 4.78 is 2.96. The van der Waals surface area contributed by atoms with Crippen LogP contribution in [0.1, 0.15) is 55.4 Å². The molecule has 5 aliphatic rings. The monoisotopic (exact) mass is 488 g/mol. The van der Waals surface area contributed by atoms with Crippen molar-refractivity contribution in [2.75, 3.05) is 0 Å². The molecule has 3 heteroatoms. The SMILES string of the molecule is CC(C)(C)C1=CC2C(C=C1)C1C=CC(C(C)(C)C)=CC1C2[Si](C)(C)N1[C@@H]2C=CC=CC2NC1(C)C. The smallest absolute Gasteiger partial charge is 0.129 e. The molecule has 2 fully saturated rings. The van der Waals surface area contributed by atoms with Gasteiger partial charge in [-0.1, -0.05) is 115 Å². The maximum atomic E-state index is 3.99. The molecule has 1 heterocycles. The molecule has 0 radical (unpaired) electrons. The van der Waals surface area contributed by atoms with Gasteiger partial charge in [-0.25, -0.2) is 0 Å². The first-order valence-electron chi connectivity index (χ1n) is 13.9. The summed E-state index contributed by atoms with van der Waals surface area (Å²) in [6.07, 6.45) is 24.8. The van der Waals surface area contributed by atoms with Gasteiger partial charge in [0.15, 0.2) is 0 Å². The molecule has 2 nitrogen and oxygen atoms in total. The van der Waals surface area contributed by atoms with Crippen LogP contribution < -0.4 is 5.32 Å². The van der Waals surface area contributed by atoms with Crippen molar-refractivity contribution in [1.29, 1.82) is 0 Å². The molecule has 6 atom stereocenters. The molecule has 1 N–H and O–H groups in total. The zero-order valence-corrected chi connectivity index (χ0v) is 24.8. The van der Waals surface area contributed by atoms with Gasteiger partial charge in [-0.05, 0) is 65.0 Å². The van der Waals surface area contributed by atoms with Gasteiger partial charge >= 0.3 is 0 Å². The molecular weight excluding hydrogens is 440 g/mol. The van der Waals surface area contributed by atoms with Crippen molar-refractivity contribution < 1.29 is 0 Å². The number of hydrogen-bond acceptors (Lipinski definition) is 2. The fourth-order valence-electron chi connectivity index (χ4n) is 8.18.